The Hall–Kier alpha value is -4.04. The Morgan fingerprint density at radius 2 is 1.60 bits per heavy atom. The molecule has 206 valence electrons. The fourth-order valence-electron chi connectivity index (χ4n) is 5.95. The third-order valence-corrected chi connectivity index (χ3v) is 7.90. The minimum atomic E-state index is -0.278. The largest absolute Gasteiger partial charge is 0.332 e. The Labute approximate surface area is 233 Å². The van der Waals surface area contributed by atoms with Crippen LogP contribution in [0.2, 0.25) is 0 Å². The van der Waals surface area contributed by atoms with Crippen LogP contribution in [0.25, 0.3) is 33.1 Å². The van der Waals surface area contributed by atoms with E-state index in [-0.39, 0.29) is 17.2 Å². The maximum Gasteiger partial charge on any atom is 0.332 e. The van der Waals surface area contributed by atoms with Gasteiger partial charge in [-0.25, -0.2) is 4.79 Å². The van der Waals surface area contributed by atoms with Crippen molar-refractivity contribution in [1.82, 2.24) is 28.8 Å². The van der Waals surface area contributed by atoms with E-state index in [0.29, 0.717) is 37.2 Å². The van der Waals surface area contributed by atoms with Crippen molar-refractivity contribution in [1.29, 1.82) is 0 Å². The Morgan fingerprint density at radius 1 is 0.850 bits per heavy atom. The topological polar surface area (TPSA) is 78.0 Å². The molecule has 0 aliphatic carbocycles. The zero-order valence-corrected chi connectivity index (χ0v) is 23.3. The molecule has 6 rings (SSSR count). The van der Waals surface area contributed by atoms with E-state index in [2.05, 4.69) is 54.1 Å². The Kier molecular flexibility index (Phi) is 7.34. The Morgan fingerprint density at radius 3 is 2.38 bits per heavy atom. The highest BCUT2D eigenvalue weighted by atomic mass is 16.2. The van der Waals surface area contributed by atoms with Gasteiger partial charge in [0.1, 0.15) is 5.39 Å². The predicted octanol–water partition coefficient (Wildman–Crippen LogP) is 4.77. The molecule has 0 spiro atoms. The van der Waals surface area contributed by atoms with Gasteiger partial charge in [-0.3, -0.25) is 23.6 Å². The molecule has 1 aliphatic rings. The third kappa shape index (κ3) is 4.99. The molecule has 0 radical (unpaired) electrons. The molecule has 8 nitrogen and oxygen atoms in total. The van der Waals surface area contributed by atoms with Gasteiger partial charge in [0.25, 0.3) is 5.56 Å². The van der Waals surface area contributed by atoms with Gasteiger partial charge < -0.3 is 4.90 Å². The number of hydrogen-bond acceptors (Lipinski definition) is 5. The quantitative estimate of drug-likeness (QED) is 0.286. The van der Waals surface area contributed by atoms with Gasteiger partial charge >= 0.3 is 5.69 Å². The molecule has 0 saturated carbocycles. The number of hydrogen-bond donors (Lipinski definition) is 0. The van der Waals surface area contributed by atoms with E-state index in [0.717, 1.165) is 40.7 Å². The molecule has 8 heteroatoms. The van der Waals surface area contributed by atoms with Gasteiger partial charge in [0.05, 0.1) is 12.2 Å². The number of aromatic nitrogens is 5. The maximum absolute atomic E-state index is 14.2. The SMILES string of the molecule is CC(C)Cn1c(=O)n(CCN2CCCCC2)c(=O)c2c(-c3ccncc3)n(Cc3cccc4ccccc34)nc21. The summed E-state index contributed by atoms with van der Waals surface area (Å²) < 4.78 is 5.05. The first-order valence-corrected chi connectivity index (χ1v) is 14.3. The molecule has 1 fully saturated rings. The molecule has 4 heterocycles. The van der Waals surface area contributed by atoms with Crippen LogP contribution >= 0.6 is 0 Å². The maximum atomic E-state index is 14.2. The van der Waals surface area contributed by atoms with Crippen molar-refractivity contribution in [3.8, 4) is 11.3 Å². The summed E-state index contributed by atoms with van der Waals surface area (Å²) in [5.74, 6) is 0.210. The molecule has 0 unspecified atom stereocenters. The first kappa shape index (κ1) is 26.2. The highest BCUT2D eigenvalue weighted by Gasteiger charge is 2.24. The average molecular weight is 537 g/mol. The van der Waals surface area contributed by atoms with Crippen molar-refractivity contribution in [3.63, 3.8) is 0 Å². The monoisotopic (exact) mass is 536 g/mol. The van der Waals surface area contributed by atoms with Crippen molar-refractivity contribution in [2.75, 3.05) is 19.6 Å². The van der Waals surface area contributed by atoms with Crippen molar-refractivity contribution >= 4 is 21.8 Å². The summed E-state index contributed by atoms with van der Waals surface area (Å²) in [6.07, 6.45) is 7.04. The first-order chi connectivity index (χ1) is 19.5. The van der Waals surface area contributed by atoms with Gasteiger partial charge in [-0.05, 0) is 60.3 Å². The molecular weight excluding hydrogens is 500 g/mol. The summed E-state index contributed by atoms with van der Waals surface area (Å²) in [7, 11) is 0. The second kappa shape index (κ2) is 11.2. The highest BCUT2D eigenvalue weighted by molar-refractivity contribution is 5.91. The van der Waals surface area contributed by atoms with E-state index in [4.69, 9.17) is 5.10 Å². The van der Waals surface area contributed by atoms with Crippen LogP contribution in [-0.2, 0) is 19.6 Å². The van der Waals surface area contributed by atoms with Crippen LogP contribution in [0.4, 0.5) is 0 Å². The zero-order chi connectivity index (χ0) is 27.6. The van der Waals surface area contributed by atoms with Crippen molar-refractivity contribution in [2.24, 2.45) is 5.92 Å². The van der Waals surface area contributed by atoms with E-state index in [1.54, 1.807) is 17.0 Å². The number of likely N-dealkylation sites (tertiary alicyclic amines) is 1. The van der Waals surface area contributed by atoms with Crippen LogP contribution < -0.4 is 11.2 Å². The molecular formula is C32H36N6O2. The van der Waals surface area contributed by atoms with Crippen LogP contribution in [0.5, 0.6) is 0 Å². The fraction of sp³-hybridized carbons (Fsp3) is 0.375. The summed E-state index contributed by atoms with van der Waals surface area (Å²) >= 11 is 0. The second-order valence-corrected chi connectivity index (χ2v) is 11.2. The second-order valence-electron chi connectivity index (χ2n) is 11.2. The van der Waals surface area contributed by atoms with Crippen molar-refractivity contribution in [3.05, 3.63) is 93.4 Å². The lowest BCUT2D eigenvalue weighted by Gasteiger charge is -2.26. The summed E-state index contributed by atoms with van der Waals surface area (Å²) in [6.45, 7) is 8.21. The predicted molar refractivity (Wildman–Crippen MR) is 160 cm³/mol. The summed E-state index contributed by atoms with van der Waals surface area (Å²) in [5, 5.41) is 7.78. The number of rotatable bonds is 8. The highest BCUT2D eigenvalue weighted by Crippen LogP contribution is 2.28. The van der Waals surface area contributed by atoms with Gasteiger partial charge in [-0.15, -0.1) is 0 Å². The van der Waals surface area contributed by atoms with E-state index < -0.39 is 0 Å². The average Bonchev–Trinajstić information content (AvgIpc) is 3.35. The third-order valence-electron chi connectivity index (χ3n) is 7.90. The lowest BCUT2D eigenvalue weighted by atomic mass is 10.0. The van der Waals surface area contributed by atoms with Gasteiger partial charge in [-0.1, -0.05) is 62.7 Å². The number of pyridine rings is 1. The van der Waals surface area contributed by atoms with E-state index in [1.165, 1.54) is 23.8 Å². The lowest BCUT2D eigenvalue weighted by Crippen LogP contribution is -2.43. The molecule has 5 aromatic rings. The van der Waals surface area contributed by atoms with Crippen LogP contribution in [-0.4, -0.2) is 48.4 Å². The standard InChI is InChI=1S/C32H36N6O2/c1-23(2)21-37-30-28(31(39)36(32(37)40)20-19-35-17-6-3-7-18-35)29(25-13-15-33-16-14-25)38(34-30)22-26-11-8-10-24-9-4-5-12-27(24)26/h4-5,8-16,23H,3,6-7,17-22H2,1-2H3. The number of nitrogens with zero attached hydrogens (tertiary/aromatic N) is 6. The van der Waals surface area contributed by atoms with Gasteiger partial charge in [0.15, 0.2) is 5.65 Å². The Balaban J connectivity index is 1.56. The number of piperidine rings is 1. The van der Waals surface area contributed by atoms with Crippen LogP contribution in [0, 0.1) is 5.92 Å². The Bertz CT molecular complexity index is 1750. The summed E-state index contributed by atoms with van der Waals surface area (Å²) in [5.41, 5.74) is 2.58. The van der Waals surface area contributed by atoms with Crippen molar-refractivity contribution < 1.29 is 0 Å². The van der Waals surface area contributed by atoms with Crippen LogP contribution in [0.3, 0.4) is 0 Å². The van der Waals surface area contributed by atoms with E-state index >= 15 is 0 Å². The molecule has 2 aromatic carbocycles. The van der Waals surface area contributed by atoms with E-state index in [1.807, 2.05) is 28.9 Å². The molecule has 1 saturated heterocycles. The first-order valence-electron chi connectivity index (χ1n) is 14.3. The normalized spacial score (nSPS) is 14.5. The smallest absolute Gasteiger partial charge is 0.302 e. The number of fused-ring (bicyclic) bond motifs is 2. The molecule has 1 aliphatic heterocycles. The molecule has 3 aromatic heterocycles. The summed E-state index contributed by atoms with van der Waals surface area (Å²) in [4.78, 5) is 34.6. The van der Waals surface area contributed by atoms with Gasteiger partial charge in [-0.2, -0.15) is 5.10 Å². The molecule has 0 atom stereocenters. The minimum absolute atomic E-state index is 0.210. The molecule has 0 bridgehead atoms. The van der Waals surface area contributed by atoms with Gasteiger partial charge in [0, 0.05) is 37.6 Å². The lowest BCUT2D eigenvalue weighted by molar-refractivity contribution is 0.218. The van der Waals surface area contributed by atoms with E-state index in [9.17, 15) is 9.59 Å². The molecule has 0 N–H and O–H groups in total. The van der Waals surface area contributed by atoms with Crippen LogP contribution in [0.1, 0.15) is 38.7 Å². The molecule has 0 amide bonds. The fourth-order valence-corrected chi connectivity index (χ4v) is 5.95. The molecule has 40 heavy (non-hydrogen) atoms. The van der Waals surface area contributed by atoms with Crippen LogP contribution in [0.15, 0.2) is 76.6 Å². The van der Waals surface area contributed by atoms with Crippen molar-refractivity contribution in [2.45, 2.75) is 52.7 Å². The number of benzene rings is 2. The summed E-state index contributed by atoms with van der Waals surface area (Å²) in [6, 6.07) is 18.4. The van der Waals surface area contributed by atoms with Gasteiger partial charge in [0.2, 0.25) is 0 Å². The minimum Gasteiger partial charge on any atom is -0.302 e. The zero-order valence-electron chi connectivity index (χ0n) is 23.3.